The molecule has 0 bridgehead atoms. The lowest BCUT2D eigenvalue weighted by Gasteiger charge is -2.14. The fourth-order valence-electron chi connectivity index (χ4n) is 1.86. The Kier molecular flexibility index (Phi) is 4.11. The van der Waals surface area contributed by atoms with Gasteiger partial charge in [0.1, 0.15) is 0 Å². The van der Waals surface area contributed by atoms with Gasteiger partial charge in [0.05, 0.1) is 23.0 Å². The van der Waals surface area contributed by atoms with Crippen molar-refractivity contribution < 1.29 is 23.1 Å². The molecule has 2 rings (SSSR count). The van der Waals surface area contributed by atoms with E-state index < -0.39 is 17.7 Å². The largest absolute Gasteiger partial charge is 0.478 e. The van der Waals surface area contributed by atoms with Gasteiger partial charge in [-0.1, -0.05) is 18.2 Å². The van der Waals surface area contributed by atoms with Crippen LogP contribution in [0.25, 0.3) is 0 Å². The van der Waals surface area contributed by atoms with Crippen molar-refractivity contribution in [2.45, 2.75) is 12.7 Å². The molecule has 7 heteroatoms. The van der Waals surface area contributed by atoms with Gasteiger partial charge in [-0.3, -0.25) is 4.98 Å². The summed E-state index contributed by atoms with van der Waals surface area (Å²) in [5, 5.41) is 11.7. The minimum absolute atomic E-state index is 0.0326. The first kappa shape index (κ1) is 14.8. The summed E-state index contributed by atoms with van der Waals surface area (Å²) in [5.74, 6) is -1.18. The molecular formula is C14H11F3N2O2. The highest BCUT2D eigenvalue weighted by Gasteiger charge is 2.32. The Morgan fingerprint density at radius 2 is 1.95 bits per heavy atom. The van der Waals surface area contributed by atoms with E-state index in [0.717, 1.165) is 6.07 Å². The number of benzene rings is 1. The normalized spacial score (nSPS) is 11.2. The van der Waals surface area contributed by atoms with Crippen molar-refractivity contribution in [3.05, 3.63) is 59.4 Å². The second-order valence-electron chi connectivity index (χ2n) is 4.23. The Balaban J connectivity index is 2.24. The number of carboxylic acids is 1. The van der Waals surface area contributed by atoms with Crippen molar-refractivity contribution in [2.24, 2.45) is 0 Å². The molecule has 4 nitrogen and oxygen atoms in total. The standard InChI is InChI=1S/C14H11F3N2O2/c15-14(16,17)11-4-2-1-3-9(11)7-19-12-8-18-6-5-10(12)13(20)21/h1-6,8,19H,7H2,(H,20,21). The second kappa shape index (κ2) is 5.82. The molecule has 0 aliphatic rings. The first-order chi connectivity index (χ1) is 9.89. The van der Waals surface area contributed by atoms with Crippen LogP contribution in [0.4, 0.5) is 18.9 Å². The van der Waals surface area contributed by atoms with Gasteiger partial charge in [0.25, 0.3) is 0 Å². The number of nitrogens with zero attached hydrogens (tertiary/aromatic N) is 1. The summed E-state index contributed by atoms with van der Waals surface area (Å²) in [6.45, 7) is -0.151. The number of hydrogen-bond acceptors (Lipinski definition) is 3. The Labute approximate surface area is 118 Å². The molecule has 0 saturated carbocycles. The van der Waals surface area contributed by atoms with Crippen LogP contribution in [-0.2, 0) is 12.7 Å². The van der Waals surface area contributed by atoms with Gasteiger partial charge in [-0.25, -0.2) is 4.79 Å². The van der Waals surface area contributed by atoms with E-state index in [4.69, 9.17) is 5.11 Å². The number of halogens is 3. The van der Waals surface area contributed by atoms with Crippen molar-refractivity contribution >= 4 is 11.7 Å². The molecule has 21 heavy (non-hydrogen) atoms. The van der Waals surface area contributed by atoms with E-state index in [1.54, 1.807) is 0 Å². The molecule has 2 aromatic rings. The fourth-order valence-corrected chi connectivity index (χ4v) is 1.86. The number of rotatable bonds is 4. The Morgan fingerprint density at radius 3 is 2.62 bits per heavy atom. The smallest absolute Gasteiger partial charge is 0.416 e. The van der Waals surface area contributed by atoms with E-state index in [1.165, 1.54) is 36.7 Å². The third kappa shape index (κ3) is 3.50. The number of aromatic carboxylic acids is 1. The van der Waals surface area contributed by atoms with Crippen molar-refractivity contribution in [1.29, 1.82) is 0 Å². The molecule has 1 heterocycles. The molecule has 0 amide bonds. The topological polar surface area (TPSA) is 62.2 Å². The van der Waals surface area contributed by atoms with E-state index >= 15 is 0 Å². The molecule has 0 aliphatic heterocycles. The molecule has 0 atom stereocenters. The number of hydrogen-bond donors (Lipinski definition) is 2. The van der Waals surface area contributed by atoms with Gasteiger partial charge in [-0.05, 0) is 17.7 Å². The highest BCUT2D eigenvalue weighted by atomic mass is 19.4. The van der Waals surface area contributed by atoms with Crippen molar-refractivity contribution in [3.8, 4) is 0 Å². The molecule has 2 N–H and O–H groups in total. The Hall–Kier alpha value is -2.57. The van der Waals surface area contributed by atoms with E-state index in [-0.39, 0.29) is 23.4 Å². The third-order valence-corrected chi connectivity index (χ3v) is 2.84. The first-order valence-corrected chi connectivity index (χ1v) is 5.96. The van der Waals surface area contributed by atoms with E-state index in [1.807, 2.05) is 0 Å². The average Bonchev–Trinajstić information content (AvgIpc) is 2.44. The van der Waals surface area contributed by atoms with Gasteiger partial charge in [-0.15, -0.1) is 0 Å². The maximum Gasteiger partial charge on any atom is 0.416 e. The highest BCUT2D eigenvalue weighted by Crippen LogP contribution is 2.32. The first-order valence-electron chi connectivity index (χ1n) is 5.96. The van der Waals surface area contributed by atoms with Crippen LogP contribution in [0, 0.1) is 0 Å². The maximum absolute atomic E-state index is 12.8. The summed E-state index contributed by atoms with van der Waals surface area (Å²) in [5.41, 5.74) is -0.597. The molecule has 0 aliphatic carbocycles. The Morgan fingerprint density at radius 1 is 1.24 bits per heavy atom. The zero-order chi connectivity index (χ0) is 15.5. The lowest BCUT2D eigenvalue weighted by molar-refractivity contribution is -0.138. The van der Waals surface area contributed by atoms with Crippen molar-refractivity contribution in [2.75, 3.05) is 5.32 Å². The number of carboxylic acid groups (broad SMARTS) is 1. The van der Waals surface area contributed by atoms with Crippen LogP contribution in [0.1, 0.15) is 21.5 Å². The molecule has 1 aromatic heterocycles. The summed E-state index contributed by atoms with van der Waals surface area (Å²) < 4.78 is 38.5. The lowest BCUT2D eigenvalue weighted by atomic mass is 10.1. The highest BCUT2D eigenvalue weighted by molar-refractivity contribution is 5.93. The number of aromatic nitrogens is 1. The van der Waals surface area contributed by atoms with E-state index in [0.29, 0.717) is 0 Å². The molecule has 0 unspecified atom stereocenters. The van der Waals surface area contributed by atoms with Gasteiger partial charge < -0.3 is 10.4 Å². The van der Waals surface area contributed by atoms with Gasteiger partial charge in [0.15, 0.2) is 0 Å². The minimum atomic E-state index is -4.46. The van der Waals surface area contributed by atoms with Crippen molar-refractivity contribution in [1.82, 2.24) is 4.98 Å². The number of pyridine rings is 1. The predicted octanol–water partition coefficient (Wildman–Crippen LogP) is 3.41. The molecule has 0 saturated heterocycles. The SMILES string of the molecule is O=C(O)c1ccncc1NCc1ccccc1C(F)(F)F. The number of nitrogens with one attached hydrogen (secondary N) is 1. The summed E-state index contributed by atoms with van der Waals surface area (Å²) >= 11 is 0. The minimum Gasteiger partial charge on any atom is -0.478 e. The number of alkyl halides is 3. The quantitative estimate of drug-likeness (QED) is 0.907. The molecule has 0 fully saturated rings. The molecule has 1 aromatic carbocycles. The number of anilines is 1. The van der Waals surface area contributed by atoms with Crippen LogP contribution in [0.5, 0.6) is 0 Å². The molecule has 110 valence electrons. The van der Waals surface area contributed by atoms with Crippen LogP contribution in [0.3, 0.4) is 0 Å². The molecule has 0 spiro atoms. The zero-order valence-corrected chi connectivity index (χ0v) is 10.7. The lowest BCUT2D eigenvalue weighted by Crippen LogP contribution is -2.13. The third-order valence-electron chi connectivity index (χ3n) is 2.84. The Bertz CT molecular complexity index is 657. The van der Waals surface area contributed by atoms with Gasteiger partial charge in [0, 0.05) is 12.7 Å². The average molecular weight is 296 g/mol. The maximum atomic E-state index is 12.8. The summed E-state index contributed by atoms with van der Waals surface area (Å²) in [6, 6.07) is 6.40. The van der Waals surface area contributed by atoms with Gasteiger partial charge in [0.2, 0.25) is 0 Å². The molecule has 0 radical (unpaired) electrons. The van der Waals surface area contributed by atoms with E-state index in [2.05, 4.69) is 10.3 Å². The van der Waals surface area contributed by atoms with Crippen LogP contribution in [0.15, 0.2) is 42.7 Å². The van der Waals surface area contributed by atoms with Gasteiger partial charge >= 0.3 is 12.1 Å². The van der Waals surface area contributed by atoms with Crippen LogP contribution >= 0.6 is 0 Å². The monoisotopic (exact) mass is 296 g/mol. The van der Waals surface area contributed by atoms with Crippen LogP contribution in [0.2, 0.25) is 0 Å². The second-order valence-corrected chi connectivity index (χ2v) is 4.23. The van der Waals surface area contributed by atoms with Gasteiger partial charge in [-0.2, -0.15) is 13.2 Å². The molecular weight excluding hydrogens is 285 g/mol. The number of carbonyl (C=O) groups is 1. The summed E-state index contributed by atoms with van der Waals surface area (Å²) in [4.78, 5) is 14.8. The fraction of sp³-hybridized carbons (Fsp3) is 0.143. The van der Waals surface area contributed by atoms with Crippen molar-refractivity contribution in [3.63, 3.8) is 0 Å². The van der Waals surface area contributed by atoms with Crippen LogP contribution < -0.4 is 5.32 Å². The summed E-state index contributed by atoms with van der Waals surface area (Å²) in [7, 11) is 0. The van der Waals surface area contributed by atoms with E-state index in [9.17, 15) is 18.0 Å². The summed E-state index contributed by atoms with van der Waals surface area (Å²) in [6.07, 6.45) is -1.89. The predicted molar refractivity (Wildman–Crippen MR) is 70.0 cm³/mol. The van der Waals surface area contributed by atoms with Crippen LogP contribution in [-0.4, -0.2) is 16.1 Å². The zero-order valence-electron chi connectivity index (χ0n) is 10.7.